The first-order valence-corrected chi connectivity index (χ1v) is 11.8. The van der Waals surface area contributed by atoms with Crippen molar-refractivity contribution in [3.8, 4) is 0 Å². The number of nitrogen functional groups attached to an aromatic ring is 1. The fourth-order valence-electron chi connectivity index (χ4n) is 5.06. The lowest BCUT2D eigenvalue weighted by molar-refractivity contribution is 0.212. The SMILES string of the molecule is Nc1c(N2CCCCC2)ncnc1N1CCN(C(c2ccccc2)c2ccccc2)CC1. The Labute approximate surface area is 190 Å². The van der Waals surface area contributed by atoms with Crippen LogP contribution in [-0.2, 0) is 0 Å². The molecule has 0 spiro atoms. The van der Waals surface area contributed by atoms with Crippen LogP contribution in [0.25, 0.3) is 0 Å². The molecule has 2 saturated heterocycles. The highest BCUT2D eigenvalue weighted by molar-refractivity contribution is 5.76. The van der Waals surface area contributed by atoms with E-state index in [0.29, 0.717) is 0 Å². The molecule has 2 aliphatic heterocycles. The summed E-state index contributed by atoms with van der Waals surface area (Å²) in [4.78, 5) is 16.3. The van der Waals surface area contributed by atoms with Gasteiger partial charge in [0.05, 0.1) is 6.04 Å². The van der Waals surface area contributed by atoms with E-state index in [4.69, 9.17) is 5.73 Å². The maximum absolute atomic E-state index is 6.60. The largest absolute Gasteiger partial charge is 0.393 e. The number of nitrogens with zero attached hydrogens (tertiary/aromatic N) is 5. The number of rotatable bonds is 5. The summed E-state index contributed by atoms with van der Waals surface area (Å²) >= 11 is 0. The number of hydrogen-bond acceptors (Lipinski definition) is 6. The van der Waals surface area contributed by atoms with Gasteiger partial charge in [-0.2, -0.15) is 0 Å². The highest BCUT2D eigenvalue weighted by atomic mass is 15.3. The molecule has 2 N–H and O–H groups in total. The molecular formula is C26H32N6. The molecule has 6 heteroatoms. The minimum absolute atomic E-state index is 0.256. The van der Waals surface area contributed by atoms with Gasteiger partial charge in [0.1, 0.15) is 12.0 Å². The zero-order valence-corrected chi connectivity index (χ0v) is 18.6. The van der Waals surface area contributed by atoms with Gasteiger partial charge in [-0.25, -0.2) is 9.97 Å². The van der Waals surface area contributed by atoms with Gasteiger partial charge in [-0.15, -0.1) is 0 Å². The quantitative estimate of drug-likeness (QED) is 0.664. The molecule has 2 fully saturated rings. The van der Waals surface area contributed by atoms with Gasteiger partial charge in [0, 0.05) is 39.3 Å². The Hall–Kier alpha value is -3.12. The first-order chi connectivity index (χ1) is 15.8. The van der Waals surface area contributed by atoms with Crippen molar-refractivity contribution in [3.63, 3.8) is 0 Å². The number of aromatic nitrogens is 2. The molecule has 2 aliphatic rings. The number of benzene rings is 2. The van der Waals surface area contributed by atoms with Crippen molar-refractivity contribution in [2.75, 3.05) is 54.8 Å². The fraction of sp³-hybridized carbons (Fsp3) is 0.385. The van der Waals surface area contributed by atoms with Crippen molar-refractivity contribution in [1.82, 2.24) is 14.9 Å². The van der Waals surface area contributed by atoms with E-state index >= 15 is 0 Å². The standard InChI is InChI=1S/C26H32N6/c27-23-25(31-14-8-3-9-15-31)28-20-29-26(23)32-18-16-30(17-19-32)24(21-10-4-1-5-11-21)22-12-6-2-7-13-22/h1-2,4-7,10-13,20,24H,3,8-9,14-19,27H2. The van der Waals surface area contributed by atoms with Gasteiger partial charge in [0.15, 0.2) is 11.6 Å². The molecule has 3 heterocycles. The minimum Gasteiger partial charge on any atom is -0.393 e. The third kappa shape index (κ3) is 4.28. The van der Waals surface area contributed by atoms with E-state index in [1.807, 2.05) is 0 Å². The maximum atomic E-state index is 6.60. The van der Waals surface area contributed by atoms with Gasteiger partial charge in [0.2, 0.25) is 0 Å². The topological polar surface area (TPSA) is 61.5 Å². The average molecular weight is 429 g/mol. The number of piperidine rings is 1. The third-order valence-electron chi connectivity index (χ3n) is 6.71. The molecule has 0 atom stereocenters. The van der Waals surface area contributed by atoms with Gasteiger partial charge in [-0.3, -0.25) is 4.90 Å². The Bertz CT molecular complexity index is 956. The molecule has 1 aromatic heterocycles. The molecule has 32 heavy (non-hydrogen) atoms. The van der Waals surface area contributed by atoms with Crippen LogP contribution in [0.15, 0.2) is 67.0 Å². The van der Waals surface area contributed by atoms with E-state index in [0.717, 1.165) is 56.6 Å². The summed E-state index contributed by atoms with van der Waals surface area (Å²) in [7, 11) is 0. The Morgan fingerprint density at radius 3 is 1.66 bits per heavy atom. The van der Waals surface area contributed by atoms with Crippen LogP contribution in [0.2, 0.25) is 0 Å². The Morgan fingerprint density at radius 1 is 0.625 bits per heavy atom. The Kier molecular flexibility index (Phi) is 6.21. The van der Waals surface area contributed by atoms with E-state index in [1.165, 1.54) is 30.4 Å². The van der Waals surface area contributed by atoms with Crippen molar-refractivity contribution in [3.05, 3.63) is 78.1 Å². The second-order valence-corrected chi connectivity index (χ2v) is 8.73. The monoisotopic (exact) mass is 428 g/mol. The number of hydrogen-bond donors (Lipinski definition) is 1. The van der Waals surface area contributed by atoms with Crippen molar-refractivity contribution in [2.45, 2.75) is 25.3 Å². The summed E-state index contributed by atoms with van der Waals surface area (Å²) in [5.74, 6) is 1.79. The van der Waals surface area contributed by atoms with E-state index in [1.54, 1.807) is 6.33 Å². The fourth-order valence-corrected chi connectivity index (χ4v) is 5.06. The lowest BCUT2D eigenvalue weighted by atomic mass is 9.96. The van der Waals surface area contributed by atoms with Gasteiger partial charge in [-0.05, 0) is 30.4 Å². The maximum Gasteiger partial charge on any atom is 0.157 e. The predicted octanol–water partition coefficient (Wildman–Crippen LogP) is 3.96. The molecule has 3 aromatic rings. The van der Waals surface area contributed by atoms with E-state index < -0.39 is 0 Å². The second-order valence-electron chi connectivity index (χ2n) is 8.73. The minimum atomic E-state index is 0.256. The number of anilines is 3. The zero-order valence-electron chi connectivity index (χ0n) is 18.6. The van der Waals surface area contributed by atoms with E-state index in [9.17, 15) is 0 Å². The van der Waals surface area contributed by atoms with Gasteiger partial charge < -0.3 is 15.5 Å². The Balaban J connectivity index is 1.34. The van der Waals surface area contributed by atoms with Crippen LogP contribution in [0, 0.1) is 0 Å². The second kappa shape index (κ2) is 9.57. The first-order valence-electron chi connectivity index (χ1n) is 11.8. The summed E-state index contributed by atoms with van der Waals surface area (Å²) in [5, 5.41) is 0. The summed E-state index contributed by atoms with van der Waals surface area (Å²) in [6.45, 7) is 5.77. The van der Waals surface area contributed by atoms with Crippen LogP contribution in [0.3, 0.4) is 0 Å². The molecule has 5 rings (SSSR count). The molecule has 0 bridgehead atoms. The molecule has 0 unspecified atom stereocenters. The number of nitrogens with two attached hydrogens (primary N) is 1. The van der Waals surface area contributed by atoms with Crippen LogP contribution < -0.4 is 15.5 Å². The smallest absolute Gasteiger partial charge is 0.157 e. The highest BCUT2D eigenvalue weighted by Crippen LogP contribution is 2.33. The van der Waals surface area contributed by atoms with Crippen LogP contribution in [0.4, 0.5) is 17.3 Å². The molecule has 0 amide bonds. The van der Waals surface area contributed by atoms with Crippen molar-refractivity contribution < 1.29 is 0 Å². The molecular weight excluding hydrogens is 396 g/mol. The summed E-state index contributed by atoms with van der Waals surface area (Å²) in [6, 6.07) is 21.9. The van der Waals surface area contributed by atoms with Crippen LogP contribution >= 0.6 is 0 Å². The molecule has 2 aromatic carbocycles. The lowest BCUT2D eigenvalue weighted by Gasteiger charge is -2.40. The average Bonchev–Trinajstić information content (AvgIpc) is 2.87. The summed E-state index contributed by atoms with van der Waals surface area (Å²) in [6.07, 6.45) is 5.38. The molecule has 0 saturated carbocycles. The van der Waals surface area contributed by atoms with Crippen molar-refractivity contribution in [2.24, 2.45) is 0 Å². The van der Waals surface area contributed by atoms with E-state index in [-0.39, 0.29) is 6.04 Å². The van der Waals surface area contributed by atoms with Crippen molar-refractivity contribution in [1.29, 1.82) is 0 Å². The first kappa shape index (κ1) is 20.8. The lowest BCUT2D eigenvalue weighted by Crippen LogP contribution is -2.48. The van der Waals surface area contributed by atoms with Crippen molar-refractivity contribution >= 4 is 17.3 Å². The van der Waals surface area contributed by atoms with Crippen LogP contribution in [-0.4, -0.2) is 54.1 Å². The third-order valence-corrected chi connectivity index (χ3v) is 6.71. The molecule has 0 aliphatic carbocycles. The van der Waals surface area contributed by atoms with Crippen LogP contribution in [0.1, 0.15) is 36.4 Å². The summed E-state index contributed by atoms with van der Waals surface area (Å²) in [5.41, 5.74) is 10.00. The van der Waals surface area contributed by atoms with Crippen LogP contribution in [0.5, 0.6) is 0 Å². The van der Waals surface area contributed by atoms with Gasteiger partial charge in [0.25, 0.3) is 0 Å². The molecule has 166 valence electrons. The van der Waals surface area contributed by atoms with E-state index in [2.05, 4.69) is 85.3 Å². The number of piperazine rings is 1. The predicted molar refractivity (Wildman–Crippen MR) is 131 cm³/mol. The van der Waals surface area contributed by atoms with Gasteiger partial charge >= 0.3 is 0 Å². The summed E-state index contributed by atoms with van der Waals surface area (Å²) < 4.78 is 0. The molecule has 0 radical (unpaired) electrons. The zero-order chi connectivity index (χ0) is 21.8. The normalized spacial score (nSPS) is 17.7. The molecule has 6 nitrogen and oxygen atoms in total. The van der Waals surface area contributed by atoms with Gasteiger partial charge in [-0.1, -0.05) is 60.7 Å². The Morgan fingerprint density at radius 2 is 1.12 bits per heavy atom. The highest BCUT2D eigenvalue weighted by Gasteiger charge is 2.28.